The summed E-state index contributed by atoms with van der Waals surface area (Å²) >= 11 is 0. The van der Waals surface area contributed by atoms with Gasteiger partial charge >= 0.3 is 0 Å². The van der Waals surface area contributed by atoms with E-state index in [0.717, 1.165) is 12.0 Å². The maximum atomic E-state index is 9.99. The van der Waals surface area contributed by atoms with Gasteiger partial charge in [-0.1, -0.05) is 0 Å². The largest absolute Gasteiger partial charge is 0.634 e. The number of hydrogen-bond acceptors (Lipinski definition) is 3. The Kier molecular flexibility index (Phi) is 2.23. The summed E-state index contributed by atoms with van der Waals surface area (Å²) in [6.45, 7) is 2.19. The molecule has 0 amide bonds. The van der Waals surface area contributed by atoms with Crippen molar-refractivity contribution in [2.75, 3.05) is 19.7 Å². The predicted molar refractivity (Wildman–Crippen MR) is 27.9 cm³/mol. The van der Waals surface area contributed by atoms with Crippen LogP contribution in [0.15, 0.2) is 0 Å². The van der Waals surface area contributed by atoms with E-state index < -0.39 is 0 Å². The van der Waals surface area contributed by atoms with E-state index in [1.807, 2.05) is 0 Å². The molecule has 1 aliphatic heterocycles. The smallest absolute Gasteiger partial charge is 0.202 e. The van der Waals surface area contributed by atoms with Gasteiger partial charge in [0, 0.05) is 6.54 Å². The lowest BCUT2D eigenvalue weighted by Crippen LogP contribution is -2.87. The molecule has 1 rings (SSSR count). The van der Waals surface area contributed by atoms with Crippen molar-refractivity contribution in [1.29, 1.82) is 0 Å². The van der Waals surface area contributed by atoms with E-state index in [0.29, 0.717) is 13.2 Å². The summed E-state index contributed by atoms with van der Waals surface area (Å²) in [7, 11) is 0. The third-order valence-corrected chi connectivity index (χ3v) is 1.11. The van der Waals surface area contributed by atoms with Crippen LogP contribution in [-0.4, -0.2) is 25.9 Å². The Morgan fingerprint density at radius 3 is 3.00 bits per heavy atom. The molecule has 1 atom stereocenters. The number of ether oxygens (including phenoxy) is 1. The maximum Gasteiger partial charge on any atom is 0.202 e. The van der Waals surface area contributed by atoms with Gasteiger partial charge in [-0.25, -0.2) is 0 Å². The Labute approximate surface area is 47.8 Å². The highest BCUT2D eigenvalue weighted by Crippen LogP contribution is 1.83. The third-order valence-electron chi connectivity index (χ3n) is 1.11. The monoisotopic (exact) mass is 118 g/mol. The van der Waals surface area contributed by atoms with Gasteiger partial charge in [0.1, 0.15) is 0 Å². The van der Waals surface area contributed by atoms with Crippen molar-refractivity contribution in [1.82, 2.24) is 5.32 Å². The Morgan fingerprint density at radius 1 is 1.75 bits per heavy atom. The molecule has 0 aromatic carbocycles. The van der Waals surface area contributed by atoms with Gasteiger partial charge in [-0.15, -0.1) is 0 Å². The molecule has 0 aromatic heterocycles. The molecule has 0 saturated carbocycles. The first-order valence-corrected chi connectivity index (χ1v) is 2.71. The molecule has 0 radical (unpaired) electrons. The van der Waals surface area contributed by atoms with Crippen molar-refractivity contribution < 1.29 is 10.2 Å². The van der Waals surface area contributed by atoms with Gasteiger partial charge in [0.2, 0.25) is 6.23 Å². The lowest BCUT2D eigenvalue weighted by atomic mass is 10.5. The molecule has 1 fully saturated rings. The number of hydroxylamine groups is 1. The van der Waals surface area contributed by atoms with Gasteiger partial charge < -0.3 is 20.7 Å². The van der Waals surface area contributed by atoms with Crippen LogP contribution in [0, 0.1) is 5.21 Å². The minimum atomic E-state index is -0.205. The summed E-state index contributed by atoms with van der Waals surface area (Å²) in [6, 6.07) is 0. The van der Waals surface area contributed by atoms with Gasteiger partial charge in [0.05, 0.1) is 13.2 Å². The quantitative estimate of drug-likeness (QED) is 0.391. The van der Waals surface area contributed by atoms with Gasteiger partial charge in [-0.05, 0) is 0 Å². The van der Waals surface area contributed by atoms with Crippen LogP contribution in [0.2, 0.25) is 0 Å². The van der Waals surface area contributed by atoms with E-state index >= 15 is 0 Å². The van der Waals surface area contributed by atoms with E-state index in [1.165, 1.54) is 0 Å². The molecule has 1 heterocycles. The summed E-state index contributed by atoms with van der Waals surface area (Å²) in [5.41, 5.74) is 0.826. The minimum Gasteiger partial charge on any atom is -0.634 e. The predicted octanol–water partition coefficient (Wildman–Crippen LogP) is -2.01. The minimum absolute atomic E-state index is 0.205. The fourth-order valence-corrected chi connectivity index (χ4v) is 0.673. The first kappa shape index (κ1) is 5.97. The molecule has 0 aromatic rings. The van der Waals surface area contributed by atoms with Crippen molar-refractivity contribution in [3.8, 4) is 0 Å². The zero-order valence-electron chi connectivity index (χ0n) is 4.59. The van der Waals surface area contributed by atoms with E-state index in [9.17, 15) is 5.21 Å². The van der Waals surface area contributed by atoms with Crippen molar-refractivity contribution in [2.24, 2.45) is 0 Å². The normalized spacial score (nSPS) is 30.4. The van der Waals surface area contributed by atoms with Crippen molar-refractivity contribution in [3.05, 3.63) is 5.21 Å². The highest BCUT2D eigenvalue weighted by Gasteiger charge is 2.10. The Balaban J connectivity index is 2.13. The van der Waals surface area contributed by atoms with Crippen LogP contribution >= 0.6 is 0 Å². The average molecular weight is 118 g/mol. The molecule has 1 aliphatic rings. The molecule has 4 heteroatoms. The molecule has 0 aliphatic carbocycles. The number of nitrogens with one attached hydrogen (secondary N) is 1. The second kappa shape index (κ2) is 2.99. The first-order chi connectivity index (χ1) is 3.93. The number of morpholine rings is 1. The number of hydrogen-bond donors (Lipinski definition) is 2. The van der Waals surface area contributed by atoms with Gasteiger partial charge in [0.25, 0.3) is 0 Å². The summed E-state index contributed by atoms with van der Waals surface area (Å²) in [5.74, 6) is 0. The summed E-state index contributed by atoms with van der Waals surface area (Å²) in [5, 5.41) is 13.0. The van der Waals surface area contributed by atoms with Crippen LogP contribution in [0.3, 0.4) is 0 Å². The number of nitrogens with two attached hydrogens (primary N) is 1. The van der Waals surface area contributed by atoms with Crippen molar-refractivity contribution in [2.45, 2.75) is 6.23 Å². The van der Waals surface area contributed by atoms with E-state index in [-0.39, 0.29) is 6.23 Å². The molecule has 3 N–H and O–H groups in total. The third kappa shape index (κ3) is 1.41. The first-order valence-electron chi connectivity index (χ1n) is 2.71. The molecule has 4 nitrogen and oxygen atoms in total. The Bertz CT molecular complexity index is 63.1. The summed E-state index contributed by atoms with van der Waals surface area (Å²) in [6.07, 6.45) is -0.205. The van der Waals surface area contributed by atoms with Crippen LogP contribution in [0.25, 0.3) is 0 Å². The molecule has 1 saturated heterocycles. The van der Waals surface area contributed by atoms with Crippen molar-refractivity contribution in [3.63, 3.8) is 0 Å². The maximum absolute atomic E-state index is 9.99. The van der Waals surface area contributed by atoms with E-state index in [2.05, 4.69) is 5.32 Å². The highest BCUT2D eigenvalue weighted by molar-refractivity contribution is 4.54. The van der Waals surface area contributed by atoms with Crippen LogP contribution in [0.5, 0.6) is 0 Å². The van der Waals surface area contributed by atoms with Gasteiger partial charge in [-0.2, -0.15) is 0 Å². The van der Waals surface area contributed by atoms with Crippen LogP contribution in [0.4, 0.5) is 0 Å². The highest BCUT2D eigenvalue weighted by atomic mass is 16.6. The molecular weight excluding hydrogens is 108 g/mol. The average Bonchev–Trinajstić information content (AvgIpc) is 1.90. The molecular formula is C4H10N2O2. The fraction of sp³-hybridized carbons (Fsp3) is 1.00. The van der Waals surface area contributed by atoms with Gasteiger partial charge in [-0.3, -0.25) is 0 Å². The van der Waals surface area contributed by atoms with Crippen LogP contribution in [0.1, 0.15) is 0 Å². The SMILES string of the molecule is [O-][NH2+]C1CNCCO1. The number of rotatable bonds is 1. The van der Waals surface area contributed by atoms with Crippen LogP contribution < -0.4 is 10.8 Å². The molecule has 8 heavy (non-hydrogen) atoms. The Hall–Kier alpha value is -0.160. The lowest BCUT2D eigenvalue weighted by molar-refractivity contribution is -0.671. The molecule has 48 valence electrons. The van der Waals surface area contributed by atoms with E-state index in [1.54, 1.807) is 0 Å². The zero-order chi connectivity index (χ0) is 5.82. The standard InChI is InChI=1S/C4H10N2O2/c7-6-4-3-5-1-2-8-4/h4-5H,1-3,6H2. The summed E-state index contributed by atoms with van der Waals surface area (Å²) < 4.78 is 5.00. The molecule has 0 bridgehead atoms. The fourth-order valence-electron chi connectivity index (χ4n) is 0.673. The van der Waals surface area contributed by atoms with Crippen LogP contribution in [-0.2, 0) is 4.74 Å². The summed E-state index contributed by atoms with van der Waals surface area (Å²) in [4.78, 5) is 0. The van der Waals surface area contributed by atoms with Crippen molar-refractivity contribution >= 4 is 0 Å². The Morgan fingerprint density at radius 2 is 2.62 bits per heavy atom. The number of quaternary nitrogens is 1. The topological polar surface area (TPSA) is 60.9 Å². The van der Waals surface area contributed by atoms with E-state index in [4.69, 9.17) is 4.74 Å². The van der Waals surface area contributed by atoms with Gasteiger partial charge in [0.15, 0.2) is 0 Å². The second-order valence-corrected chi connectivity index (χ2v) is 1.75. The lowest BCUT2D eigenvalue weighted by Gasteiger charge is -2.22. The molecule has 0 spiro atoms. The molecule has 1 unspecified atom stereocenters. The second-order valence-electron chi connectivity index (χ2n) is 1.75. The zero-order valence-corrected chi connectivity index (χ0v) is 4.59.